The third kappa shape index (κ3) is 5.78. The minimum atomic E-state index is 0. The second-order valence-electron chi connectivity index (χ2n) is 6.01. The molecule has 0 bridgehead atoms. The van der Waals surface area contributed by atoms with Crippen LogP contribution in [0.25, 0.3) is 0 Å². The molecule has 3 rings (SSSR count). The average molecular weight is 446 g/mol. The summed E-state index contributed by atoms with van der Waals surface area (Å²) in [6.07, 6.45) is 2.06. The van der Waals surface area contributed by atoms with Crippen molar-refractivity contribution in [3.8, 4) is 5.75 Å². The van der Waals surface area contributed by atoms with Gasteiger partial charge in [-0.15, -0.1) is 24.0 Å². The zero-order valence-electron chi connectivity index (χ0n) is 13.9. The van der Waals surface area contributed by atoms with Gasteiger partial charge in [0.25, 0.3) is 0 Å². The van der Waals surface area contributed by atoms with Crippen molar-refractivity contribution in [2.75, 3.05) is 45.9 Å². The van der Waals surface area contributed by atoms with E-state index < -0.39 is 0 Å². The summed E-state index contributed by atoms with van der Waals surface area (Å²) in [5, 5.41) is 3.18. The van der Waals surface area contributed by atoms with E-state index in [0.717, 1.165) is 58.0 Å². The Labute approximate surface area is 160 Å². The first kappa shape index (κ1) is 19.3. The van der Waals surface area contributed by atoms with Crippen molar-refractivity contribution in [1.82, 2.24) is 10.2 Å². The Morgan fingerprint density at radius 1 is 1.29 bits per heavy atom. The number of halogens is 1. The maximum Gasteiger partial charge on any atom is 0.188 e. The highest BCUT2D eigenvalue weighted by Crippen LogP contribution is 2.27. The van der Waals surface area contributed by atoms with Gasteiger partial charge in [-0.1, -0.05) is 18.2 Å². The topological polar surface area (TPSA) is 72.1 Å². The van der Waals surface area contributed by atoms with Crippen LogP contribution < -0.4 is 15.8 Å². The SMILES string of the molecule is I.NC(=NCC1Cc2ccccc2O1)NCCCN1CCOCC1. The molecule has 0 aromatic heterocycles. The lowest BCUT2D eigenvalue weighted by atomic mass is 10.1. The lowest BCUT2D eigenvalue weighted by Crippen LogP contribution is -2.39. The van der Waals surface area contributed by atoms with E-state index in [0.29, 0.717) is 12.5 Å². The molecule has 0 amide bonds. The van der Waals surface area contributed by atoms with Gasteiger partial charge in [-0.05, 0) is 24.6 Å². The van der Waals surface area contributed by atoms with Crippen LogP contribution in [0.2, 0.25) is 0 Å². The van der Waals surface area contributed by atoms with E-state index in [2.05, 4.69) is 21.3 Å². The van der Waals surface area contributed by atoms with Gasteiger partial charge in [0.05, 0.1) is 19.8 Å². The summed E-state index contributed by atoms with van der Waals surface area (Å²) < 4.78 is 11.2. The first-order valence-corrected chi connectivity index (χ1v) is 8.40. The molecule has 1 aromatic carbocycles. The molecular formula is C17H27IN4O2. The Morgan fingerprint density at radius 2 is 2.08 bits per heavy atom. The maximum absolute atomic E-state index is 5.93. The quantitative estimate of drug-likeness (QED) is 0.298. The normalized spacial score (nSPS) is 20.8. The van der Waals surface area contributed by atoms with Gasteiger partial charge >= 0.3 is 0 Å². The Hall–Kier alpha value is -1.06. The lowest BCUT2D eigenvalue weighted by Gasteiger charge is -2.26. The first-order chi connectivity index (χ1) is 11.3. The van der Waals surface area contributed by atoms with E-state index in [1.54, 1.807) is 0 Å². The summed E-state index contributed by atoms with van der Waals surface area (Å²) in [4.78, 5) is 6.82. The van der Waals surface area contributed by atoms with Crippen LogP contribution in [0.4, 0.5) is 0 Å². The van der Waals surface area contributed by atoms with Crippen molar-refractivity contribution in [3.05, 3.63) is 29.8 Å². The fourth-order valence-electron chi connectivity index (χ4n) is 2.96. The van der Waals surface area contributed by atoms with E-state index in [1.807, 2.05) is 18.2 Å². The number of fused-ring (bicyclic) bond motifs is 1. The number of ether oxygens (including phenoxy) is 2. The van der Waals surface area contributed by atoms with E-state index in [-0.39, 0.29) is 30.1 Å². The fourth-order valence-corrected chi connectivity index (χ4v) is 2.96. The van der Waals surface area contributed by atoms with E-state index in [9.17, 15) is 0 Å². The molecule has 1 saturated heterocycles. The van der Waals surface area contributed by atoms with Crippen molar-refractivity contribution in [2.45, 2.75) is 18.9 Å². The second-order valence-corrected chi connectivity index (χ2v) is 6.01. The number of aliphatic imine (C=N–C) groups is 1. The highest BCUT2D eigenvalue weighted by molar-refractivity contribution is 14.0. The van der Waals surface area contributed by atoms with Gasteiger partial charge in [-0.3, -0.25) is 4.90 Å². The maximum atomic E-state index is 5.93. The van der Waals surface area contributed by atoms with Crippen LogP contribution in [0.5, 0.6) is 5.75 Å². The molecule has 2 heterocycles. The van der Waals surface area contributed by atoms with Crippen LogP contribution in [0.15, 0.2) is 29.3 Å². The third-order valence-corrected chi connectivity index (χ3v) is 4.24. The van der Waals surface area contributed by atoms with Crippen LogP contribution >= 0.6 is 24.0 Å². The molecule has 0 radical (unpaired) electrons. The van der Waals surface area contributed by atoms with Crippen molar-refractivity contribution >= 4 is 29.9 Å². The van der Waals surface area contributed by atoms with Crippen LogP contribution in [0, 0.1) is 0 Å². The molecule has 7 heteroatoms. The molecule has 134 valence electrons. The monoisotopic (exact) mass is 446 g/mol. The van der Waals surface area contributed by atoms with E-state index in [1.165, 1.54) is 5.56 Å². The number of guanidine groups is 1. The van der Waals surface area contributed by atoms with Gasteiger partial charge in [0.15, 0.2) is 5.96 Å². The number of rotatable bonds is 6. The number of nitrogens with zero attached hydrogens (tertiary/aromatic N) is 2. The minimum Gasteiger partial charge on any atom is -0.488 e. The van der Waals surface area contributed by atoms with Gasteiger partial charge in [0, 0.05) is 26.1 Å². The van der Waals surface area contributed by atoms with Gasteiger partial charge in [-0.25, -0.2) is 4.99 Å². The standard InChI is InChI=1S/C17H26N4O2.HI/c18-17(19-6-3-7-21-8-10-22-11-9-21)20-13-15-12-14-4-1-2-5-16(14)23-15;/h1-2,4-5,15H,3,6-13H2,(H3,18,19,20);1H. The van der Waals surface area contributed by atoms with Gasteiger partial charge in [0.2, 0.25) is 0 Å². The number of hydrogen-bond acceptors (Lipinski definition) is 4. The molecule has 0 aliphatic carbocycles. The van der Waals surface area contributed by atoms with E-state index in [4.69, 9.17) is 15.2 Å². The summed E-state index contributed by atoms with van der Waals surface area (Å²) in [5.74, 6) is 1.48. The average Bonchev–Trinajstić information content (AvgIpc) is 3.01. The minimum absolute atomic E-state index is 0. The number of morpholine rings is 1. The molecule has 0 spiro atoms. The van der Waals surface area contributed by atoms with Crippen LogP contribution in [-0.4, -0.2) is 62.9 Å². The highest BCUT2D eigenvalue weighted by atomic mass is 127. The summed E-state index contributed by atoms with van der Waals surface area (Å²) in [6.45, 7) is 6.27. The largest absolute Gasteiger partial charge is 0.488 e. The zero-order chi connectivity index (χ0) is 15.9. The highest BCUT2D eigenvalue weighted by Gasteiger charge is 2.21. The molecule has 1 fully saturated rings. The summed E-state index contributed by atoms with van der Waals surface area (Å²) in [5.41, 5.74) is 7.18. The van der Waals surface area contributed by atoms with Gasteiger partial charge in [0.1, 0.15) is 11.9 Å². The second kappa shape index (κ2) is 10.0. The molecule has 3 N–H and O–H groups in total. The molecule has 6 nitrogen and oxygen atoms in total. The molecule has 1 aromatic rings. The van der Waals surface area contributed by atoms with Crippen molar-refractivity contribution in [3.63, 3.8) is 0 Å². The number of nitrogens with two attached hydrogens (primary N) is 1. The molecule has 24 heavy (non-hydrogen) atoms. The molecule has 2 aliphatic rings. The lowest BCUT2D eigenvalue weighted by molar-refractivity contribution is 0.0376. The third-order valence-electron chi connectivity index (χ3n) is 4.24. The Morgan fingerprint density at radius 3 is 2.88 bits per heavy atom. The van der Waals surface area contributed by atoms with Crippen LogP contribution in [0.1, 0.15) is 12.0 Å². The fraction of sp³-hybridized carbons (Fsp3) is 0.588. The Kier molecular flexibility index (Phi) is 8.07. The zero-order valence-corrected chi connectivity index (χ0v) is 16.3. The smallest absolute Gasteiger partial charge is 0.188 e. The van der Waals surface area contributed by atoms with Gasteiger partial charge in [-0.2, -0.15) is 0 Å². The van der Waals surface area contributed by atoms with Crippen LogP contribution in [-0.2, 0) is 11.2 Å². The first-order valence-electron chi connectivity index (χ1n) is 8.40. The molecule has 0 saturated carbocycles. The molecule has 2 aliphatic heterocycles. The Balaban J connectivity index is 0.00000208. The predicted octanol–water partition coefficient (Wildman–Crippen LogP) is 1.23. The predicted molar refractivity (Wildman–Crippen MR) is 106 cm³/mol. The molecule has 1 atom stereocenters. The van der Waals surface area contributed by atoms with Crippen molar-refractivity contribution in [1.29, 1.82) is 0 Å². The number of para-hydroxylation sites is 1. The molecular weight excluding hydrogens is 419 g/mol. The number of nitrogens with one attached hydrogen (secondary N) is 1. The number of hydrogen-bond donors (Lipinski definition) is 2. The van der Waals surface area contributed by atoms with Crippen LogP contribution in [0.3, 0.4) is 0 Å². The molecule has 1 unspecified atom stereocenters. The van der Waals surface area contributed by atoms with Crippen molar-refractivity contribution < 1.29 is 9.47 Å². The Bertz CT molecular complexity index is 510. The summed E-state index contributed by atoms with van der Waals surface area (Å²) in [7, 11) is 0. The summed E-state index contributed by atoms with van der Waals surface area (Å²) in [6, 6.07) is 8.14. The number of benzene rings is 1. The van der Waals surface area contributed by atoms with Crippen molar-refractivity contribution in [2.24, 2.45) is 10.7 Å². The van der Waals surface area contributed by atoms with Gasteiger partial charge < -0.3 is 20.5 Å². The van der Waals surface area contributed by atoms with E-state index >= 15 is 0 Å². The summed E-state index contributed by atoms with van der Waals surface area (Å²) >= 11 is 0.